The van der Waals surface area contributed by atoms with E-state index in [2.05, 4.69) is 25.3 Å². The SMILES string of the molecule is O=C(O)[C@@H]1CC[C@H](Nc2ncnc3nc[nH]c23)C1. The second-order valence-corrected chi connectivity index (χ2v) is 4.51. The van der Waals surface area contributed by atoms with Gasteiger partial charge in [-0.25, -0.2) is 15.0 Å². The predicted molar refractivity (Wildman–Crippen MR) is 64.1 cm³/mol. The molecule has 0 radical (unpaired) electrons. The quantitative estimate of drug-likeness (QED) is 0.748. The van der Waals surface area contributed by atoms with Gasteiger partial charge in [-0.15, -0.1) is 0 Å². The molecule has 3 rings (SSSR count). The van der Waals surface area contributed by atoms with Crippen LogP contribution >= 0.6 is 0 Å². The van der Waals surface area contributed by atoms with Crippen LogP contribution < -0.4 is 5.32 Å². The van der Waals surface area contributed by atoms with Crippen LogP contribution in [0.25, 0.3) is 11.2 Å². The normalized spacial score (nSPS) is 23.3. The Kier molecular flexibility index (Phi) is 2.58. The first kappa shape index (κ1) is 10.9. The van der Waals surface area contributed by atoms with E-state index in [-0.39, 0.29) is 12.0 Å². The van der Waals surface area contributed by atoms with Gasteiger partial charge in [-0.2, -0.15) is 0 Å². The molecule has 94 valence electrons. The van der Waals surface area contributed by atoms with Crippen molar-refractivity contribution in [3.05, 3.63) is 12.7 Å². The predicted octanol–water partition coefficient (Wildman–Crippen LogP) is 1.02. The Morgan fingerprint density at radius 2 is 2.28 bits per heavy atom. The number of carboxylic acid groups (broad SMARTS) is 1. The van der Waals surface area contributed by atoms with E-state index in [1.807, 2.05) is 0 Å². The maximum Gasteiger partial charge on any atom is 0.306 e. The molecule has 3 N–H and O–H groups in total. The van der Waals surface area contributed by atoms with Gasteiger partial charge in [0.05, 0.1) is 12.2 Å². The summed E-state index contributed by atoms with van der Waals surface area (Å²) < 4.78 is 0. The first-order valence-electron chi connectivity index (χ1n) is 5.87. The highest BCUT2D eigenvalue weighted by atomic mass is 16.4. The highest BCUT2D eigenvalue weighted by molar-refractivity contribution is 5.82. The van der Waals surface area contributed by atoms with Gasteiger partial charge in [0.15, 0.2) is 11.5 Å². The summed E-state index contributed by atoms with van der Waals surface area (Å²) in [4.78, 5) is 26.1. The molecule has 7 nitrogen and oxygen atoms in total. The monoisotopic (exact) mass is 247 g/mol. The fourth-order valence-electron chi connectivity index (χ4n) is 2.40. The first-order chi connectivity index (χ1) is 8.74. The number of aromatic nitrogens is 4. The number of nitrogens with one attached hydrogen (secondary N) is 2. The van der Waals surface area contributed by atoms with Crippen molar-refractivity contribution in [2.24, 2.45) is 5.92 Å². The highest BCUT2D eigenvalue weighted by Gasteiger charge is 2.30. The third-order valence-electron chi connectivity index (χ3n) is 3.35. The molecule has 18 heavy (non-hydrogen) atoms. The molecule has 2 heterocycles. The summed E-state index contributed by atoms with van der Waals surface area (Å²) in [6, 6.07) is 0.146. The molecule has 0 aliphatic heterocycles. The van der Waals surface area contributed by atoms with Crippen molar-refractivity contribution in [3.63, 3.8) is 0 Å². The lowest BCUT2D eigenvalue weighted by atomic mass is 10.1. The second-order valence-electron chi connectivity index (χ2n) is 4.51. The molecule has 2 atom stereocenters. The minimum absolute atomic E-state index is 0.146. The first-order valence-corrected chi connectivity index (χ1v) is 5.87. The molecule has 2 aromatic rings. The Balaban J connectivity index is 1.77. The van der Waals surface area contributed by atoms with Crippen LogP contribution in [0.2, 0.25) is 0 Å². The average molecular weight is 247 g/mol. The van der Waals surface area contributed by atoms with Crippen molar-refractivity contribution in [2.75, 3.05) is 5.32 Å². The Hall–Kier alpha value is -2.18. The number of hydrogen-bond donors (Lipinski definition) is 3. The van der Waals surface area contributed by atoms with Crippen LogP contribution in [0.1, 0.15) is 19.3 Å². The Morgan fingerprint density at radius 3 is 3.06 bits per heavy atom. The number of nitrogens with zero attached hydrogens (tertiary/aromatic N) is 3. The summed E-state index contributed by atoms with van der Waals surface area (Å²) in [6.45, 7) is 0. The summed E-state index contributed by atoms with van der Waals surface area (Å²) in [6.07, 6.45) is 5.21. The van der Waals surface area contributed by atoms with E-state index in [0.29, 0.717) is 24.3 Å². The number of hydrogen-bond acceptors (Lipinski definition) is 5. The van der Waals surface area contributed by atoms with Crippen molar-refractivity contribution < 1.29 is 9.90 Å². The zero-order valence-electron chi connectivity index (χ0n) is 9.63. The zero-order valence-corrected chi connectivity index (χ0v) is 9.63. The Bertz CT molecular complexity index is 582. The van der Waals surface area contributed by atoms with Crippen LogP contribution in [0.15, 0.2) is 12.7 Å². The third-order valence-corrected chi connectivity index (χ3v) is 3.35. The van der Waals surface area contributed by atoms with E-state index in [4.69, 9.17) is 5.11 Å². The maximum absolute atomic E-state index is 10.9. The van der Waals surface area contributed by atoms with Crippen LogP contribution in [0.4, 0.5) is 5.82 Å². The van der Waals surface area contributed by atoms with Gasteiger partial charge in [0.1, 0.15) is 11.8 Å². The lowest BCUT2D eigenvalue weighted by Gasteiger charge is -2.12. The van der Waals surface area contributed by atoms with E-state index in [1.165, 1.54) is 6.33 Å². The summed E-state index contributed by atoms with van der Waals surface area (Å²) in [7, 11) is 0. The fourth-order valence-corrected chi connectivity index (χ4v) is 2.40. The van der Waals surface area contributed by atoms with Crippen molar-refractivity contribution in [2.45, 2.75) is 25.3 Å². The van der Waals surface area contributed by atoms with E-state index in [0.717, 1.165) is 11.9 Å². The number of H-pyrrole nitrogens is 1. The molecule has 1 saturated carbocycles. The molecular weight excluding hydrogens is 234 g/mol. The van der Waals surface area contributed by atoms with Crippen LogP contribution in [0, 0.1) is 5.92 Å². The van der Waals surface area contributed by atoms with E-state index >= 15 is 0 Å². The summed E-state index contributed by atoms with van der Waals surface area (Å²) >= 11 is 0. The molecular formula is C11H13N5O2. The van der Waals surface area contributed by atoms with Gasteiger partial charge in [0.25, 0.3) is 0 Å². The van der Waals surface area contributed by atoms with Gasteiger partial charge >= 0.3 is 5.97 Å². The van der Waals surface area contributed by atoms with Gasteiger partial charge in [-0.1, -0.05) is 0 Å². The summed E-state index contributed by atoms with van der Waals surface area (Å²) in [5, 5.41) is 12.2. The number of aliphatic carboxylic acids is 1. The molecule has 0 saturated heterocycles. The van der Waals surface area contributed by atoms with E-state index in [1.54, 1.807) is 6.33 Å². The average Bonchev–Trinajstić information content (AvgIpc) is 2.97. The molecule has 0 unspecified atom stereocenters. The van der Waals surface area contributed by atoms with Crippen molar-refractivity contribution in [1.29, 1.82) is 0 Å². The molecule has 0 amide bonds. The van der Waals surface area contributed by atoms with E-state index < -0.39 is 5.97 Å². The number of anilines is 1. The Morgan fingerprint density at radius 1 is 1.39 bits per heavy atom. The topological polar surface area (TPSA) is 104 Å². The number of rotatable bonds is 3. The van der Waals surface area contributed by atoms with Gasteiger partial charge in [-0.05, 0) is 19.3 Å². The standard InChI is InChI=1S/C11H13N5O2/c17-11(18)6-1-2-7(3-6)16-10-8-9(13-4-12-8)14-5-15-10/h4-7H,1-3H2,(H,17,18)(H2,12,13,14,15,16)/t6-,7+/m1/s1. The lowest BCUT2D eigenvalue weighted by molar-refractivity contribution is -0.141. The second kappa shape index (κ2) is 4.25. The zero-order chi connectivity index (χ0) is 12.5. The smallest absolute Gasteiger partial charge is 0.306 e. The minimum Gasteiger partial charge on any atom is -0.481 e. The molecule has 2 aromatic heterocycles. The lowest BCUT2D eigenvalue weighted by Crippen LogP contribution is -2.18. The van der Waals surface area contributed by atoms with Crippen LogP contribution in [0.3, 0.4) is 0 Å². The number of carbonyl (C=O) groups is 1. The molecule has 1 fully saturated rings. The van der Waals surface area contributed by atoms with E-state index in [9.17, 15) is 4.79 Å². The number of fused-ring (bicyclic) bond motifs is 1. The van der Waals surface area contributed by atoms with Gasteiger partial charge in [-0.3, -0.25) is 4.79 Å². The fraction of sp³-hybridized carbons (Fsp3) is 0.455. The molecule has 1 aliphatic carbocycles. The van der Waals surface area contributed by atoms with Crippen LogP contribution in [0.5, 0.6) is 0 Å². The molecule has 0 bridgehead atoms. The number of aromatic amines is 1. The van der Waals surface area contributed by atoms with Crippen molar-refractivity contribution in [3.8, 4) is 0 Å². The van der Waals surface area contributed by atoms with Crippen molar-refractivity contribution in [1.82, 2.24) is 19.9 Å². The van der Waals surface area contributed by atoms with Crippen LogP contribution in [-0.4, -0.2) is 37.1 Å². The van der Waals surface area contributed by atoms with Gasteiger partial charge in [0, 0.05) is 6.04 Å². The summed E-state index contributed by atoms with van der Waals surface area (Å²) in [5.74, 6) is -0.274. The molecule has 0 aromatic carbocycles. The van der Waals surface area contributed by atoms with Crippen LogP contribution in [-0.2, 0) is 4.79 Å². The largest absolute Gasteiger partial charge is 0.481 e. The highest BCUT2D eigenvalue weighted by Crippen LogP contribution is 2.28. The summed E-state index contributed by atoms with van der Waals surface area (Å²) in [5.41, 5.74) is 1.37. The third kappa shape index (κ3) is 1.87. The molecule has 1 aliphatic rings. The minimum atomic E-state index is -0.714. The van der Waals surface area contributed by atoms with Gasteiger partial charge in [0.2, 0.25) is 0 Å². The number of carboxylic acids is 1. The number of imidazole rings is 1. The maximum atomic E-state index is 10.9. The van der Waals surface area contributed by atoms with Gasteiger partial charge < -0.3 is 15.4 Å². The van der Waals surface area contributed by atoms with Crippen molar-refractivity contribution >= 4 is 23.0 Å². The molecule has 0 spiro atoms. The molecule has 7 heteroatoms. The Labute approximate surface area is 103 Å².